The molecule has 0 aliphatic carbocycles. The maximum Gasteiger partial charge on any atom is 0.472 e. The molecule has 0 heterocycles. The summed E-state index contributed by atoms with van der Waals surface area (Å²) in [5.74, 6) is 0.0197. The van der Waals surface area contributed by atoms with Crippen molar-refractivity contribution in [2.75, 3.05) is 39.6 Å². The number of unbranched alkanes of at least 4 members (excludes halogenated alkanes) is 34. The number of rotatable bonds is 66. The van der Waals surface area contributed by atoms with Gasteiger partial charge in [-0.2, -0.15) is 0 Å². The third-order valence-corrected chi connectivity index (χ3v) is 17.5. The smallest absolute Gasteiger partial charge is 0.462 e. The second-order valence-corrected chi connectivity index (χ2v) is 28.9. The predicted molar refractivity (Wildman–Crippen MR) is 349 cm³/mol. The third kappa shape index (κ3) is 62.6. The van der Waals surface area contributed by atoms with Crippen LogP contribution in [0.5, 0.6) is 0 Å². The van der Waals surface area contributed by atoms with Gasteiger partial charge in [-0.15, -0.1) is 0 Å². The van der Waals surface area contributed by atoms with Gasteiger partial charge in [0.2, 0.25) is 0 Å². The van der Waals surface area contributed by atoms with Crippen LogP contribution in [0, 0.1) is 17.8 Å². The summed E-state index contributed by atoms with van der Waals surface area (Å²) in [5.41, 5.74) is 0. The Morgan fingerprint density at radius 1 is 0.310 bits per heavy atom. The predicted octanol–water partition coefficient (Wildman–Crippen LogP) is 19.1. The van der Waals surface area contributed by atoms with Crippen LogP contribution >= 0.6 is 15.6 Å². The molecular formula is C68H132O17P2. The number of carbonyl (C=O) groups is 4. The minimum Gasteiger partial charge on any atom is -0.462 e. The lowest BCUT2D eigenvalue weighted by Gasteiger charge is -2.21. The molecule has 2 unspecified atom stereocenters. The van der Waals surface area contributed by atoms with Crippen LogP contribution in [-0.2, 0) is 65.4 Å². The summed E-state index contributed by atoms with van der Waals surface area (Å²) >= 11 is 0. The number of aliphatic hydroxyl groups is 1. The molecule has 0 aromatic rings. The maximum atomic E-state index is 13.0. The van der Waals surface area contributed by atoms with E-state index >= 15 is 0 Å². The Labute approximate surface area is 530 Å². The van der Waals surface area contributed by atoms with Crippen molar-refractivity contribution in [2.45, 2.75) is 356 Å². The fourth-order valence-electron chi connectivity index (χ4n) is 10.2. The summed E-state index contributed by atoms with van der Waals surface area (Å²) in [4.78, 5) is 72.4. The largest absolute Gasteiger partial charge is 0.472 e. The van der Waals surface area contributed by atoms with E-state index in [1.807, 2.05) is 0 Å². The number of carbonyl (C=O) groups excluding carboxylic acids is 4. The average Bonchev–Trinajstić information content (AvgIpc) is 3.57. The van der Waals surface area contributed by atoms with Gasteiger partial charge in [-0.05, 0) is 43.4 Å². The van der Waals surface area contributed by atoms with Gasteiger partial charge in [0, 0.05) is 25.7 Å². The van der Waals surface area contributed by atoms with Crippen molar-refractivity contribution in [2.24, 2.45) is 17.8 Å². The molecule has 0 saturated carbocycles. The Bertz CT molecular complexity index is 1720. The molecule has 0 aromatic heterocycles. The SMILES string of the molecule is CCCCCCCCCCCCCCCC(=O)OC[C@H](COP(=O)(O)OC[C@@H](O)COP(=O)(O)OC[C@@H](COC(=O)CCCCCCCCC(C)C)OC(=O)CCCCCCCCCC(C)C)OC(=O)CCCCCCCCCCCCCCC(C)C. The molecule has 0 spiro atoms. The third-order valence-electron chi connectivity index (χ3n) is 15.6. The van der Waals surface area contributed by atoms with E-state index in [1.165, 1.54) is 141 Å². The Balaban J connectivity index is 5.24. The molecule has 516 valence electrons. The van der Waals surface area contributed by atoms with E-state index < -0.39 is 97.5 Å². The molecule has 19 heteroatoms. The lowest BCUT2D eigenvalue weighted by atomic mass is 10.0. The summed E-state index contributed by atoms with van der Waals surface area (Å²) in [6.45, 7) is 11.7. The van der Waals surface area contributed by atoms with E-state index in [-0.39, 0.29) is 25.7 Å². The lowest BCUT2D eigenvalue weighted by molar-refractivity contribution is -0.161. The summed E-state index contributed by atoms with van der Waals surface area (Å²) in [6, 6.07) is 0. The average molecular weight is 1280 g/mol. The van der Waals surface area contributed by atoms with Crippen LogP contribution in [0.1, 0.15) is 337 Å². The zero-order chi connectivity index (χ0) is 64.5. The minimum atomic E-state index is -4.95. The number of phosphoric acid groups is 2. The lowest BCUT2D eigenvalue weighted by Crippen LogP contribution is -2.30. The van der Waals surface area contributed by atoms with Crippen LogP contribution in [-0.4, -0.2) is 96.7 Å². The molecule has 0 saturated heterocycles. The first-order chi connectivity index (χ1) is 41.7. The number of hydrogen-bond donors (Lipinski definition) is 3. The second-order valence-electron chi connectivity index (χ2n) is 26.0. The van der Waals surface area contributed by atoms with Crippen LogP contribution < -0.4 is 0 Å². The molecule has 87 heavy (non-hydrogen) atoms. The molecule has 0 aromatic carbocycles. The fraction of sp³-hybridized carbons (Fsp3) is 0.941. The van der Waals surface area contributed by atoms with Gasteiger partial charge in [0.15, 0.2) is 12.2 Å². The van der Waals surface area contributed by atoms with Crippen molar-refractivity contribution < 1.29 is 80.2 Å². The van der Waals surface area contributed by atoms with E-state index in [1.54, 1.807) is 0 Å². The summed E-state index contributed by atoms with van der Waals surface area (Å²) in [6.07, 6.45) is 41.9. The van der Waals surface area contributed by atoms with Gasteiger partial charge in [-0.3, -0.25) is 37.3 Å². The normalized spacial score (nSPS) is 14.3. The van der Waals surface area contributed by atoms with Crippen molar-refractivity contribution in [1.29, 1.82) is 0 Å². The number of phosphoric ester groups is 2. The Kier molecular flexibility index (Phi) is 57.8. The van der Waals surface area contributed by atoms with Gasteiger partial charge in [0.25, 0.3) is 0 Å². The molecular weight excluding hydrogens is 1150 g/mol. The number of ether oxygens (including phenoxy) is 4. The fourth-order valence-corrected chi connectivity index (χ4v) is 11.8. The van der Waals surface area contributed by atoms with Crippen LogP contribution in [0.15, 0.2) is 0 Å². The molecule has 0 aliphatic rings. The summed E-state index contributed by atoms with van der Waals surface area (Å²) < 4.78 is 68.1. The number of aliphatic hydroxyl groups excluding tert-OH is 1. The van der Waals surface area contributed by atoms with Gasteiger partial charge in [0.1, 0.15) is 19.3 Å². The summed E-state index contributed by atoms with van der Waals surface area (Å²) in [7, 11) is -9.90. The van der Waals surface area contributed by atoms with Crippen LogP contribution in [0.2, 0.25) is 0 Å². The van der Waals surface area contributed by atoms with E-state index in [0.29, 0.717) is 37.5 Å². The molecule has 5 atom stereocenters. The van der Waals surface area contributed by atoms with Crippen molar-refractivity contribution >= 4 is 39.5 Å². The van der Waals surface area contributed by atoms with Gasteiger partial charge in [-0.1, -0.05) is 286 Å². The molecule has 0 radical (unpaired) electrons. The second kappa shape index (κ2) is 59.1. The molecule has 0 rings (SSSR count). The Morgan fingerprint density at radius 3 is 0.782 bits per heavy atom. The van der Waals surface area contributed by atoms with E-state index in [2.05, 4.69) is 48.5 Å². The van der Waals surface area contributed by atoms with Crippen molar-refractivity contribution in [3.05, 3.63) is 0 Å². The molecule has 3 N–H and O–H groups in total. The van der Waals surface area contributed by atoms with Crippen molar-refractivity contribution in [3.8, 4) is 0 Å². The van der Waals surface area contributed by atoms with Gasteiger partial charge in [0.05, 0.1) is 26.4 Å². The van der Waals surface area contributed by atoms with Gasteiger partial charge >= 0.3 is 39.5 Å². The first kappa shape index (κ1) is 85.1. The molecule has 0 aliphatic heterocycles. The highest BCUT2D eigenvalue weighted by atomic mass is 31.2. The first-order valence-corrected chi connectivity index (χ1v) is 38.3. The van der Waals surface area contributed by atoms with E-state index in [0.717, 1.165) is 102 Å². The van der Waals surface area contributed by atoms with Gasteiger partial charge < -0.3 is 33.8 Å². The minimum absolute atomic E-state index is 0.102. The standard InChI is InChI=1S/C68H132O17P2/c1-8-9-10-11-12-13-14-15-19-22-27-35-42-49-65(70)78-55-63(84-67(72)51-44-37-28-23-20-17-16-18-21-25-32-39-46-59(2)3)57-82-86(74,75)80-53-62(69)54-81-87(76,77)83-58-64(56-79-66(71)50-43-36-31-30-34-41-48-61(6)7)85-68(73)52-45-38-29-24-26-33-40-47-60(4)5/h59-64,69H,8-58H2,1-7H3,(H,74,75)(H,76,77)/t62-,63-,64-/m1/s1. The zero-order valence-corrected chi connectivity index (χ0v) is 58.3. The highest BCUT2D eigenvalue weighted by molar-refractivity contribution is 7.47. The summed E-state index contributed by atoms with van der Waals surface area (Å²) in [5, 5.41) is 10.6. The Morgan fingerprint density at radius 2 is 0.529 bits per heavy atom. The van der Waals surface area contributed by atoms with Crippen LogP contribution in [0.25, 0.3) is 0 Å². The molecule has 0 fully saturated rings. The zero-order valence-electron chi connectivity index (χ0n) is 56.5. The first-order valence-electron chi connectivity index (χ1n) is 35.3. The number of hydrogen-bond acceptors (Lipinski definition) is 15. The molecule has 0 amide bonds. The molecule has 0 bridgehead atoms. The van der Waals surface area contributed by atoms with E-state index in [9.17, 15) is 43.2 Å². The van der Waals surface area contributed by atoms with Crippen LogP contribution in [0.3, 0.4) is 0 Å². The highest BCUT2D eigenvalue weighted by Gasteiger charge is 2.30. The molecule has 17 nitrogen and oxygen atoms in total. The quantitative estimate of drug-likeness (QED) is 0.0222. The highest BCUT2D eigenvalue weighted by Crippen LogP contribution is 2.45. The van der Waals surface area contributed by atoms with E-state index in [4.69, 9.17) is 37.0 Å². The topological polar surface area (TPSA) is 237 Å². The maximum absolute atomic E-state index is 13.0. The van der Waals surface area contributed by atoms with Crippen LogP contribution in [0.4, 0.5) is 0 Å². The van der Waals surface area contributed by atoms with Gasteiger partial charge in [-0.25, -0.2) is 9.13 Å². The van der Waals surface area contributed by atoms with Crippen molar-refractivity contribution in [1.82, 2.24) is 0 Å². The number of esters is 4. The Hall–Kier alpha value is -1.94. The monoisotopic (exact) mass is 1280 g/mol. The van der Waals surface area contributed by atoms with Crippen molar-refractivity contribution in [3.63, 3.8) is 0 Å².